The van der Waals surface area contributed by atoms with Gasteiger partial charge in [-0.25, -0.2) is 8.78 Å². The molecule has 102 valence electrons. The Bertz CT molecular complexity index is 739. The molecule has 7 heteroatoms. The molecule has 0 saturated heterocycles. The predicted molar refractivity (Wildman–Crippen MR) is 65.1 cm³/mol. The van der Waals surface area contributed by atoms with E-state index in [9.17, 15) is 18.4 Å². The van der Waals surface area contributed by atoms with Gasteiger partial charge in [-0.1, -0.05) is 0 Å². The lowest BCUT2D eigenvalue weighted by Crippen LogP contribution is -2.29. The summed E-state index contributed by atoms with van der Waals surface area (Å²) in [4.78, 5) is 24.6. The van der Waals surface area contributed by atoms with Crippen LogP contribution in [0.25, 0.3) is 0 Å². The molecule has 0 bridgehead atoms. The highest BCUT2D eigenvalue weighted by atomic mass is 19.1. The summed E-state index contributed by atoms with van der Waals surface area (Å²) in [7, 11) is 1.69. The van der Waals surface area contributed by atoms with Crippen molar-refractivity contribution in [2.45, 2.75) is 6.54 Å². The van der Waals surface area contributed by atoms with Crippen molar-refractivity contribution < 1.29 is 18.4 Å². The summed E-state index contributed by atoms with van der Waals surface area (Å²) in [5, 5.41) is 3.92. The van der Waals surface area contributed by atoms with Gasteiger partial charge in [-0.05, 0) is 12.1 Å². The first-order valence-corrected chi connectivity index (χ1v) is 5.80. The zero-order chi connectivity index (χ0) is 14.4. The number of hydrogen-bond donors (Lipinski definition) is 0. The summed E-state index contributed by atoms with van der Waals surface area (Å²) in [6.07, 6.45) is 3.12. The molecule has 0 atom stereocenters. The van der Waals surface area contributed by atoms with E-state index in [0.29, 0.717) is 5.56 Å². The Labute approximate surface area is 112 Å². The Balaban J connectivity index is 2.08. The van der Waals surface area contributed by atoms with E-state index in [0.717, 1.165) is 17.0 Å². The van der Waals surface area contributed by atoms with Gasteiger partial charge in [0.25, 0.3) is 11.7 Å². The summed E-state index contributed by atoms with van der Waals surface area (Å²) in [5.74, 6) is -3.66. The molecule has 0 N–H and O–H groups in total. The molecule has 1 aliphatic heterocycles. The van der Waals surface area contributed by atoms with Crippen molar-refractivity contribution in [3.63, 3.8) is 0 Å². The van der Waals surface area contributed by atoms with Crippen LogP contribution in [0, 0.1) is 11.6 Å². The van der Waals surface area contributed by atoms with Crippen molar-refractivity contribution in [3.05, 3.63) is 47.3 Å². The van der Waals surface area contributed by atoms with Crippen molar-refractivity contribution in [2.24, 2.45) is 7.05 Å². The number of ketones is 1. The number of carbonyl (C=O) groups is 2. The van der Waals surface area contributed by atoms with Gasteiger partial charge in [-0.2, -0.15) is 5.10 Å². The summed E-state index contributed by atoms with van der Waals surface area (Å²) < 4.78 is 29.0. The number of Topliss-reactive ketones (excluding diaryl/α,β-unsaturated/α-hetero) is 1. The molecule has 1 aliphatic rings. The van der Waals surface area contributed by atoms with Crippen LogP contribution >= 0.6 is 0 Å². The molecule has 0 spiro atoms. The number of aryl methyl sites for hydroxylation is 1. The molecule has 0 aliphatic carbocycles. The van der Waals surface area contributed by atoms with Crippen LogP contribution in [0.1, 0.15) is 15.9 Å². The van der Waals surface area contributed by atoms with Gasteiger partial charge in [-0.3, -0.25) is 19.2 Å². The summed E-state index contributed by atoms with van der Waals surface area (Å²) >= 11 is 0. The normalized spacial score (nSPS) is 14.1. The maximum absolute atomic E-state index is 13.8. The third-order valence-corrected chi connectivity index (χ3v) is 3.11. The maximum atomic E-state index is 13.8. The van der Waals surface area contributed by atoms with E-state index in [4.69, 9.17) is 0 Å². The largest absolute Gasteiger partial charge is 0.299 e. The third-order valence-electron chi connectivity index (χ3n) is 3.11. The molecule has 1 amide bonds. The van der Waals surface area contributed by atoms with Crippen LogP contribution in [0.2, 0.25) is 0 Å². The molecular weight excluding hydrogens is 268 g/mol. The number of aromatic nitrogens is 2. The molecule has 1 aromatic heterocycles. The molecule has 2 aromatic rings. The van der Waals surface area contributed by atoms with Crippen LogP contribution in [0.15, 0.2) is 24.5 Å². The van der Waals surface area contributed by atoms with E-state index in [1.54, 1.807) is 13.2 Å². The van der Waals surface area contributed by atoms with Crippen molar-refractivity contribution >= 4 is 17.4 Å². The molecule has 0 unspecified atom stereocenters. The molecule has 2 heterocycles. The van der Waals surface area contributed by atoms with Crippen LogP contribution in [-0.4, -0.2) is 21.5 Å². The number of carbonyl (C=O) groups excluding carboxylic acids is 2. The van der Waals surface area contributed by atoms with Gasteiger partial charge in [-0.15, -0.1) is 0 Å². The Morgan fingerprint density at radius 1 is 1.20 bits per heavy atom. The lowest BCUT2D eigenvalue weighted by molar-refractivity contribution is -0.114. The second-order valence-corrected chi connectivity index (χ2v) is 4.50. The fraction of sp³-hybridized carbons (Fsp3) is 0.154. The average molecular weight is 277 g/mol. The maximum Gasteiger partial charge on any atom is 0.299 e. The number of anilines is 1. The average Bonchev–Trinajstić information content (AvgIpc) is 2.92. The molecule has 5 nitrogen and oxygen atoms in total. The Morgan fingerprint density at radius 3 is 2.55 bits per heavy atom. The van der Waals surface area contributed by atoms with Gasteiger partial charge >= 0.3 is 0 Å². The highest BCUT2D eigenvalue weighted by molar-refractivity contribution is 6.52. The quantitative estimate of drug-likeness (QED) is 0.780. The van der Waals surface area contributed by atoms with E-state index in [1.807, 2.05) is 0 Å². The molecular formula is C13H9F2N3O2. The van der Waals surface area contributed by atoms with Gasteiger partial charge in [0, 0.05) is 18.8 Å². The van der Waals surface area contributed by atoms with Crippen LogP contribution in [-0.2, 0) is 18.4 Å². The number of nitrogens with zero attached hydrogens (tertiary/aromatic N) is 3. The molecule has 3 rings (SSSR count). The SMILES string of the molecule is Cn1cc(CN2C(=O)C(=O)c3c(F)ccc(F)c32)cn1. The van der Waals surface area contributed by atoms with E-state index >= 15 is 0 Å². The zero-order valence-corrected chi connectivity index (χ0v) is 10.4. The lowest BCUT2D eigenvalue weighted by Gasteiger charge is -2.15. The van der Waals surface area contributed by atoms with Crippen LogP contribution in [0.3, 0.4) is 0 Å². The van der Waals surface area contributed by atoms with Crippen molar-refractivity contribution in [1.82, 2.24) is 9.78 Å². The minimum absolute atomic E-state index is 0.0359. The topological polar surface area (TPSA) is 55.2 Å². The van der Waals surface area contributed by atoms with Gasteiger partial charge in [0.1, 0.15) is 11.6 Å². The first kappa shape index (κ1) is 12.5. The monoisotopic (exact) mass is 277 g/mol. The van der Waals surface area contributed by atoms with E-state index < -0.39 is 28.9 Å². The Hall–Kier alpha value is -2.57. The molecule has 0 radical (unpaired) electrons. The first-order valence-electron chi connectivity index (χ1n) is 5.80. The first-order chi connectivity index (χ1) is 9.49. The number of benzene rings is 1. The number of fused-ring (bicyclic) bond motifs is 1. The molecule has 0 fully saturated rings. The molecule has 1 aromatic carbocycles. The minimum atomic E-state index is -1.03. The highest BCUT2D eigenvalue weighted by Gasteiger charge is 2.40. The van der Waals surface area contributed by atoms with Crippen LogP contribution < -0.4 is 4.90 Å². The number of amides is 1. The summed E-state index contributed by atoms with van der Waals surface area (Å²) in [5.41, 5.74) is -0.187. The Kier molecular flexibility index (Phi) is 2.63. The van der Waals surface area contributed by atoms with E-state index in [1.165, 1.54) is 10.9 Å². The van der Waals surface area contributed by atoms with Gasteiger partial charge < -0.3 is 0 Å². The number of halogens is 2. The van der Waals surface area contributed by atoms with Gasteiger partial charge in [0.2, 0.25) is 0 Å². The smallest absolute Gasteiger partial charge is 0.297 e. The van der Waals surface area contributed by atoms with Crippen LogP contribution in [0.5, 0.6) is 0 Å². The molecule has 20 heavy (non-hydrogen) atoms. The Morgan fingerprint density at radius 2 is 1.90 bits per heavy atom. The minimum Gasteiger partial charge on any atom is -0.297 e. The van der Waals surface area contributed by atoms with E-state index in [-0.39, 0.29) is 12.2 Å². The summed E-state index contributed by atoms with van der Waals surface area (Å²) in [6, 6.07) is 1.74. The number of hydrogen-bond acceptors (Lipinski definition) is 3. The van der Waals surface area contributed by atoms with Crippen molar-refractivity contribution in [2.75, 3.05) is 4.90 Å². The van der Waals surface area contributed by atoms with E-state index in [2.05, 4.69) is 5.10 Å². The van der Waals surface area contributed by atoms with Crippen molar-refractivity contribution in [1.29, 1.82) is 0 Å². The van der Waals surface area contributed by atoms with Crippen LogP contribution in [0.4, 0.5) is 14.5 Å². The third kappa shape index (κ3) is 1.70. The summed E-state index contributed by atoms with van der Waals surface area (Å²) in [6.45, 7) is -0.0359. The second-order valence-electron chi connectivity index (χ2n) is 4.50. The zero-order valence-electron chi connectivity index (χ0n) is 10.4. The fourth-order valence-electron chi connectivity index (χ4n) is 2.24. The van der Waals surface area contributed by atoms with Gasteiger partial charge in [0.05, 0.1) is 24.0 Å². The molecule has 0 saturated carbocycles. The van der Waals surface area contributed by atoms with Gasteiger partial charge in [0.15, 0.2) is 0 Å². The highest BCUT2D eigenvalue weighted by Crippen LogP contribution is 2.34. The lowest BCUT2D eigenvalue weighted by atomic mass is 10.1. The predicted octanol–water partition coefficient (Wildman–Crippen LogP) is 1.43. The standard InChI is InChI=1S/C13H9F2N3O2/c1-17-5-7(4-16-17)6-18-11-9(15)3-2-8(14)10(11)12(19)13(18)20/h2-5H,6H2,1H3. The number of rotatable bonds is 2. The fourth-order valence-corrected chi connectivity index (χ4v) is 2.24. The van der Waals surface area contributed by atoms with Crippen molar-refractivity contribution in [3.8, 4) is 0 Å². The second kappa shape index (κ2) is 4.22.